The topological polar surface area (TPSA) is 83.1 Å². The number of phenols is 2. The molecule has 5 heteroatoms. The van der Waals surface area contributed by atoms with Crippen LogP contribution in [0, 0.1) is 0 Å². The zero-order valence-electron chi connectivity index (χ0n) is 12.7. The standard InChI is InChI=1S/C18H18O5/c1-22-16-10-13(20)9-14(21)18(16)17-8-12-7-11(3-2-6-19)4-5-15(12)23-17/h4-5,7-10,19-21H,2-3,6H2,1H3. The number of aryl methyl sites for hydroxylation is 1. The second-order valence-electron chi connectivity index (χ2n) is 5.35. The highest BCUT2D eigenvalue weighted by Crippen LogP contribution is 2.42. The maximum atomic E-state index is 10.1. The Bertz CT molecular complexity index is 835. The Morgan fingerprint density at radius 3 is 2.65 bits per heavy atom. The van der Waals surface area contributed by atoms with Gasteiger partial charge in [-0.1, -0.05) is 6.07 Å². The maximum Gasteiger partial charge on any atom is 0.142 e. The highest BCUT2D eigenvalue weighted by Gasteiger charge is 2.17. The monoisotopic (exact) mass is 314 g/mol. The number of aliphatic hydroxyl groups is 1. The molecule has 0 aliphatic carbocycles. The predicted molar refractivity (Wildman–Crippen MR) is 86.9 cm³/mol. The summed E-state index contributed by atoms with van der Waals surface area (Å²) in [6, 6.07) is 10.3. The van der Waals surface area contributed by atoms with E-state index in [1.807, 2.05) is 24.3 Å². The van der Waals surface area contributed by atoms with E-state index in [1.165, 1.54) is 19.2 Å². The number of hydrogen-bond donors (Lipinski definition) is 3. The van der Waals surface area contributed by atoms with Gasteiger partial charge in [0.25, 0.3) is 0 Å². The number of aromatic hydroxyl groups is 2. The lowest BCUT2D eigenvalue weighted by atomic mass is 10.1. The fourth-order valence-corrected chi connectivity index (χ4v) is 2.65. The minimum absolute atomic E-state index is 0.0782. The minimum Gasteiger partial charge on any atom is -0.508 e. The number of methoxy groups -OCH3 is 1. The van der Waals surface area contributed by atoms with Gasteiger partial charge in [0.05, 0.1) is 7.11 Å². The molecule has 2 aromatic carbocycles. The molecule has 3 aromatic rings. The molecule has 0 aliphatic rings. The van der Waals surface area contributed by atoms with Crippen LogP contribution in [0.5, 0.6) is 17.2 Å². The first kappa shape index (κ1) is 15.2. The Balaban J connectivity index is 2.07. The molecule has 0 radical (unpaired) electrons. The third-order valence-electron chi connectivity index (χ3n) is 3.74. The predicted octanol–water partition coefficient (Wildman–Crippen LogP) is 3.44. The SMILES string of the molecule is COc1cc(O)cc(O)c1-c1cc2cc(CCCO)ccc2o1. The van der Waals surface area contributed by atoms with Crippen LogP contribution in [0.2, 0.25) is 0 Å². The lowest BCUT2D eigenvalue weighted by Crippen LogP contribution is -1.88. The molecular weight excluding hydrogens is 296 g/mol. The first-order valence-electron chi connectivity index (χ1n) is 7.36. The summed E-state index contributed by atoms with van der Waals surface area (Å²) in [6.07, 6.45) is 1.50. The van der Waals surface area contributed by atoms with E-state index in [9.17, 15) is 10.2 Å². The van der Waals surface area contributed by atoms with Crippen molar-refractivity contribution < 1.29 is 24.5 Å². The molecule has 5 nitrogen and oxygen atoms in total. The number of aliphatic hydroxyl groups excluding tert-OH is 1. The summed E-state index contributed by atoms with van der Waals surface area (Å²) in [6.45, 7) is 0.160. The molecule has 0 atom stereocenters. The number of benzene rings is 2. The normalized spacial score (nSPS) is 11.0. The summed E-state index contributed by atoms with van der Waals surface area (Å²) in [5.41, 5.74) is 2.21. The van der Waals surface area contributed by atoms with Crippen LogP contribution in [0.25, 0.3) is 22.3 Å². The van der Waals surface area contributed by atoms with Crippen molar-refractivity contribution in [2.24, 2.45) is 0 Å². The molecule has 0 bridgehead atoms. The smallest absolute Gasteiger partial charge is 0.142 e. The van der Waals surface area contributed by atoms with Gasteiger partial charge in [0.2, 0.25) is 0 Å². The van der Waals surface area contributed by atoms with E-state index in [0.717, 1.165) is 17.4 Å². The van der Waals surface area contributed by atoms with E-state index in [4.69, 9.17) is 14.3 Å². The lowest BCUT2D eigenvalue weighted by Gasteiger charge is -2.08. The fraction of sp³-hybridized carbons (Fsp3) is 0.222. The molecule has 3 rings (SSSR count). The van der Waals surface area contributed by atoms with Gasteiger partial charge in [0.1, 0.15) is 34.2 Å². The van der Waals surface area contributed by atoms with Gasteiger partial charge in [-0.25, -0.2) is 0 Å². The summed E-state index contributed by atoms with van der Waals surface area (Å²) in [5.74, 6) is 0.614. The first-order valence-corrected chi connectivity index (χ1v) is 7.36. The van der Waals surface area contributed by atoms with Crippen molar-refractivity contribution in [2.75, 3.05) is 13.7 Å². The largest absolute Gasteiger partial charge is 0.508 e. The number of fused-ring (bicyclic) bond motifs is 1. The van der Waals surface area contributed by atoms with Crippen LogP contribution in [0.3, 0.4) is 0 Å². The molecule has 1 aromatic heterocycles. The Hall–Kier alpha value is -2.66. The summed E-state index contributed by atoms with van der Waals surface area (Å²) < 4.78 is 11.0. The lowest BCUT2D eigenvalue weighted by molar-refractivity contribution is 0.288. The average Bonchev–Trinajstić information content (AvgIpc) is 2.94. The number of furan rings is 1. The van der Waals surface area contributed by atoms with Crippen LogP contribution in [0.4, 0.5) is 0 Å². The number of hydrogen-bond acceptors (Lipinski definition) is 5. The van der Waals surface area contributed by atoms with Crippen LogP contribution in [-0.2, 0) is 6.42 Å². The Kier molecular flexibility index (Phi) is 4.12. The van der Waals surface area contributed by atoms with E-state index >= 15 is 0 Å². The zero-order valence-corrected chi connectivity index (χ0v) is 12.7. The summed E-state index contributed by atoms with van der Waals surface area (Å²) >= 11 is 0. The molecule has 0 amide bonds. The average molecular weight is 314 g/mol. The van der Waals surface area contributed by atoms with Gasteiger partial charge in [0, 0.05) is 24.1 Å². The molecule has 3 N–H and O–H groups in total. The molecule has 0 saturated carbocycles. The first-order chi connectivity index (χ1) is 11.1. The summed E-state index contributed by atoms with van der Waals surface area (Å²) in [4.78, 5) is 0. The second kappa shape index (κ2) is 6.22. The van der Waals surface area contributed by atoms with Gasteiger partial charge < -0.3 is 24.5 Å². The van der Waals surface area contributed by atoms with E-state index in [0.29, 0.717) is 29.1 Å². The van der Waals surface area contributed by atoms with Crippen molar-refractivity contribution in [3.8, 4) is 28.6 Å². The van der Waals surface area contributed by atoms with Crippen molar-refractivity contribution in [3.05, 3.63) is 42.0 Å². The highest BCUT2D eigenvalue weighted by atomic mass is 16.5. The highest BCUT2D eigenvalue weighted by molar-refractivity contribution is 5.86. The number of ether oxygens (including phenoxy) is 1. The van der Waals surface area contributed by atoms with Crippen molar-refractivity contribution >= 4 is 11.0 Å². The molecule has 0 fully saturated rings. The van der Waals surface area contributed by atoms with E-state index in [-0.39, 0.29) is 18.1 Å². The Morgan fingerprint density at radius 2 is 1.91 bits per heavy atom. The summed E-state index contributed by atoms with van der Waals surface area (Å²) in [7, 11) is 1.47. The van der Waals surface area contributed by atoms with Crippen LogP contribution >= 0.6 is 0 Å². The molecular formula is C18H18O5. The number of rotatable bonds is 5. The third-order valence-corrected chi connectivity index (χ3v) is 3.74. The van der Waals surface area contributed by atoms with Gasteiger partial charge in [0.15, 0.2) is 0 Å². The molecule has 0 spiro atoms. The van der Waals surface area contributed by atoms with Crippen molar-refractivity contribution in [1.29, 1.82) is 0 Å². The fourth-order valence-electron chi connectivity index (χ4n) is 2.65. The Morgan fingerprint density at radius 1 is 1.09 bits per heavy atom. The van der Waals surface area contributed by atoms with Crippen LogP contribution in [0.15, 0.2) is 40.8 Å². The van der Waals surface area contributed by atoms with Gasteiger partial charge in [-0.05, 0) is 36.6 Å². The maximum absolute atomic E-state index is 10.1. The molecule has 23 heavy (non-hydrogen) atoms. The molecule has 0 aliphatic heterocycles. The van der Waals surface area contributed by atoms with Gasteiger partial charge in [-0.15, -0.1) is 0 Å². The third kappa shape index (κ3) is 2.96. The van der Waals surface area contributed by atoms with E-state index in [1.54, 1.807) is 0 Å². The molecule has 120 valence electrons. The van der Waals surface area contributed by atoms with Gasteiger partial charge in [-0.3, -0.25) is 0 Å². The van der Waals surface area contributed by atoms with Crippen molar-refractivity contribution in [1.82, 2.24) is 0 Å². The van der Waals surface area contributed by atoms with Crippen LogP contribution < -0.4 is 4.74 Å². The molecule has 1 heterocycles. The summed E-state index contributed by atoms with van der Waals surface area (Å²) in [5, 5.41) is 29.5. The van der Waals surface area contributed by atoms with Crippen LogP contribution in [-0.4, -0.2) is 29.0 Å². The molecule has 0 unspecified atom stereocenters. The van der Waals surface area contributed by atoms with E-state index < -0.39 is 0 Å². The van der Waals surface area contributed by atoms with Crippen molar-refractivity contribution in [2.45, 2.75) is 12.8 Å². The van der Waals surface area contributed by atoms with E-state index in [2.05, 4.69) is 0 Å². The second-order valence-corrected chi connectivity index (χ2v) is 5.35. The van der Waals surface area contributed by atoms with Crippen LogP contribution in [0.1, 0.15) is 12.0 Å². The van der Waals surface area contributed by atoms with Gasteiger partial charge in [-0.2, -0.15) is 0 Å². The number of phenolic OH excluding ortho intramolecular Hbond substituents is 2. The minimum atomic E-state index is -0.110. The zero-order chi connectivity index (χ0) is 16.4. The Labute approximate surface area is 133 Å². The van der Waals surface area contributed by atoms with Gasteiger partial charge >= 0.3 is 0 Å². The molecule has 0 saturated heterocycles. The van der Waals surface area contributed by atoms with Crippen molar-refractivity contribution in [3.63, 3.8) is 0 Å². The quantitative estimate of drug-likeness (QED) is 0.672.